The van der Waals surface area contributed by atoms with Crippen molar-refractivity contribution in [2.24, 2.45) is 0 Å². The van der Waals surface area contributed by atoms with Gasteiger partial charge in [-0.1, -0.05) is 0 Å². The van der Waals surface area contributed by atoms with E-state index in [0.717, 1.165) is 4.57 Å². The Kier molecular flexibility index (Phi) is 5.16. The van der Waals surface area contributed by atoms with Crippen molar-refractivity contribution in [1.29, 1.82) is 0 Å². The lowest BCUT2D eigenvalue weighted by molar-refractivity contribution is 0.0107. The minimum Gasteiger partial charge on any atom is -0.447 e. The molecule has 1 aromatic heterocycles. The predicted molar refractivity (Wildman–Crippen MR) is 84.4 cm³/mol. The minimum atomic E-state index is -3.30. The molecule has 1 saturated heterocycles. The van der Waals surface area contributed by atoms with Gasteiger partial charge in [-0.05, 0) is 20.8 Å². The van der Waals surface area contributed by atoms with Gasteiger partial charge in [0.2, 0.25) is 0 Å². The highest BCUT2D eigenvalue weighted by atomic mass is 32.2. The number of carbonyl (C=O) groups excluding carboxylic acids is 2. The summed E-state index contributed by atoms with van der Waals surface area (Å²) in [7, 11) is -3.30. The lowest BCUT2D eigenvalue weighted by Crippen LogP contribution is -2.54. The fraction of sp³-hybridized carbons (Fsp3) is 0.643. The van der Waals surface area contributed by atoms with Crippen LogP contribution in [0.2, 0.25) is 0 Å². The molecule has 1 aromatic rings. The fourth-order valence-electron chi connectivity index (χ4n) is 2.19. The summed E-state index contributed by atoms with van der Waals surface area (Å²) in [5.41, 5.74) is -0.703. The Labute approximate surface area is 140 Å². The van der Waals surface area contributed by atoms with E-state index in [1.54, 1.807) is 20.8 Å². The molecule has 134 valence electrons. The predicted octanol–water partition coefficient (Wildman–Crippen LogP) is 0.902. The Balaban J connectivity index is 2.05. The molecule has 1 aliphatic rings. The van der Waals surface area contributed by atoms with Crippen molar-refractivity contribution in [3.8, 4) is 0 Å². The van der Waals surface area contributed by atoms with Gasteiger partial charge in [0.15, 0.2) is 9.84 Å². The largest absolute Gasteiger partial charge is 0.447 e. The van der Waals surface area contributed by atoms with Crippen LogP contribution in [0.25, 0.3) is 0 Å². The van der Waals surface area contributed by atoms with Gasteiger partial charge in [-0.2, -0.15) is 0 Å². The highest BCUT2D eigenvalue weighted by Gasteiger charge is 2.37. The maximum Gasteiger partial charge on any atom is 0.419 e. The quantitative estimate of drug-likeness (QED) is 0.772. The van der Waals surface area contributed by atoms with Crippen LogP contribution in [0.1, 0.15) is 20.8 Å². The normalized spacial score (nSPS) is 20.5. The Morgan fingerprint density at radius 2 is 2.00 bits per heavy atom. The van der Waals surface area contributed by atoms with Crippen LogP contribution in [0.4, 0.5) is 9.59 Å². The smallest absolute Gasteiger partial charge is 0.419 e. The van der Waals surface area contributed by atoms with Crippen LogP contribution >= 0.6 is 0 Å². The molecule has 2 rings (SSSR count). The average molecular weight is 359 g/mol. The molecule has 0 bridgehead atoms. The van der Waals surface area contributed by atoms with Crippen molar-refractivity contribution in [1.82, 2.24) is 14.5 Å². The van der Waals surface area contributed by atoms with E-state index in [1.165, 1.54) is 23.6 Å². The van der Waals surface area contributed by atoms with Gasteiger partial charge >= 0.3 is 12.2 Å². The van der Waals surface area contributed by atoms with Crippen LogP contribution in [0.5, 0.6) is 0 Å². The Morgan fingerprint density at radius 3 is 2.58 bits per heavy atom. The van der Waals surface area contributed by atoms with Crippen molar-refractivity contribution in [3.63, 3.8) is 0 Å². The molecule has 2 heterocycles. The average Bonchev–Trinajstić information content (AvgIpc) is 2.96. The van der Waals surface area contributed by atoms with E-state index < -0.39 is 33.7 Å². The third-order valence-electron chi connectivity index (χ3n) is 3.27. The van der Waals surface area contributed by atoms with Crippen molar-refractivity contribution in [3.05, 3.63) is 18.7 Å². The number of amides is 1. The summed E-state index contributed by atoms with van der Waals surface area (Å²) >= 11 is 0. The van der Waals surface area contributed by atoms with Crippen molar-refractivity contribution < 1.29 is 27.5 Å². The summed E-state index contributed by atoms with van der Waals surface area (Å²) in [6.07, 6.45) is 2.77. The molecule has 0 radical (unpaired) electrons. The number of sulfone groups is 1. The molecule has 0 aliphatic carbocycles. The summed E-state index contributed by atoms with van der Waals surface area (Å²) in [4.78, 5) is 29.1. The van der Waals surface area contributed by atoms with Gasteiger partial charge < -0.3 is 9.47 Å². The highest BCUT2D eigenvalue weighted by Crippen LogP contribution is 2.17. The molecule has 0 N–H and O–H groups in total. The fourth-order valence-corrected chi connectivity index (χ4v) is 3.70. The zero-order valence-corrected chi connectivity index (χ0v) is 14.7. The second-order valence-corrected chi connectivity index (χ2v) is 8.72. The van der Waals surface area contributed by atoms with Gasteiger partial charge in [-0.3, -0.25) is 4.90 Å². The Morgan fingerprint density at radius 1 is 1.29 bits per heavy atom. The standard InChI is InChI=1S/C14H21N3O6S/c1-14(2,3)23-13(19)17-6-7-24(20,21)9-11(17)8-22-12(18)16-5-4-15-10-16/h4-5,10-11H,6-9H2,1-3H3. The summed E-state index contributed by atoms with van der Waals surface area (Å²) in [6, 6.07) is -0.786. The van der Waals surface area contributed by atoms with Gasteiger partial charge in [-0.15, -0.1) is 0 Å². The monoisotopic (exact) mass is 359 g/mol. The van der Waals surface area contributed by atoms with Gasteiger partial charge in [-0.25, -0.2) is 27.6 Å². The molecular weight excluding hydrogens is 338 g/mol. The topological polar surface area (TPSA) is 108 Å². The van der Waals surface area contributed by atoms with E-state index in [0.29, 0.717) is 0 Å². The first-order valence-electron chi connectivity index (χ1n) is 7.42. The molecule has 24 heavy (non-hydrogen) atoms. The molecule has 1 atom stereocenters. The third-order valence-corrected chi connectivity index (χ3v) is 4.97. The lowest BCUT2D eigenvalue weighted by Gasteiger charge is -2.36. The number of carbonyl (C=O) groups is 2. The second-order valence-electron chi connectivity index (χ2n) is 6.49. The third kappa shape index (κ3) is 4.95. The Hall–Kier alpha value is -2.10. The molecule has 10 heteroatoms. The van der Waals surface area contributed by atoms with E-state index in [2.05, 4.69) is 4.98 Å². The van der Waals surface area contributed by atoms with Gasteiger partial charge in [0, 0.05) is 18.9 Å². The SMILES string of the molecule is CC(C)(C)OC(=O)N1CCS(=O)(=O)CC1COC(=O)n1ccnc1. The second kappa shape index (κ2) is 6.80. The summed E-state index contributed by atoms with van der Waals surface area (Å²) in [5, 5.41) is 0. The molecular formula is C14H21N3O6S. The van der Waals surface area contributed by atoms with Crippen LogP contribution in [0.3, 0.4) is 0 Å². The van der Waals surface area contributed by atoms with E-state index in [1.807, 2.05) is 0 Å². The first-order valence-corrected chi connectivity index (χ1v) is 9.25. The van der Waals surface area contributed by atoms with E-state index >= 15 is 0 Å². The van der Waals surface area contributed by atoms with Crippen LogP contribution in [-0.2, 0) is 19.3 Å². The van der Waals surface area contributed by atoms with Crippen LogP contribution < -0.4 is 0 Å². The number of nitrogens with zero attached hydrogens (tertiary/aromatic N) is 3. The molecule has 1 unspecified atom stereocenters. The maximum absolute atomic E-state index is 12.3. The molecule has 0 spiro atoms. The van der Waals surface area contributed by atoms with Crippen LogP contribution in [0.15, 0.2) is 18.7 Å². The highest BCUT2D eigenvalue weighted by molar-refractivity contribution is 7.91. The first kappa shape index (κ1) is 18.2. The summed E-state index contributed by atoms with van der Waals surface area (Å²) in [5.74, 6) is -0.415. The van der Waals surface area contributed by atoms with E-state index in [9.17, 15) is 18.0 Å². The molecule has 0 saturated carbocycles. The lowest BCUT2D eigenvalue weighted by atomic mass is 10.2. The number of rotatable bonds is 2. The molecule has 1 amide bonds. The van der Waals surface area contributed by atoms with Crippen molar-refractivity contribution in [2.45, 2.75) is 32.4 Å². The number of hydrogen-bond donors (Lipinski definition) is 0. The molecule has 1 aliphatic heterocycles. The zero-order chi connectivity index (χ0) is 18.0. The van der Waals surface area contributed by atoms with E-state index in [4.69, 9.17) is 9.47 Å². The van der Waals surface area contributed by atoms with Gasteiger partial charge in [0.05, 0.1) is 17.5 Å². The first-order chi connectivity index (χ1) is 11.1. The van der Waals surface area contributed by atoms with Crippen LogP contribution in [0, 0.1) is 0 Å². The maximum atomic E-state index is 12.3. The number of hydrogen-bond acceptors (Lipinski definition) is 7. The Bertz CT molecular complexity index is 693. The van der Waals surface area contributed by atoms with Crippen LogP contribution in [-0.4, -0.2) is 71.4 Å². The van der Waals surface area contributed by atoms with E-state index in [-0.39, 0.29) is 24.7 Å². The van der Waals surface area contributed by atoms with Gasteiger partial charge in [0.25, 0.3) is 0 Å². The number of aromatic nitrogens is 2. The summed E-state index contributed by atoms with van der Waals surface area (Å²) < 4.78 is 35.2. The van der Waals surface area contributed by atoms with Gasteiger partial charge in [0.1, 0.15) is 18.5 Å². The molecule has 0 aromatic carbocycles. The number of imidazole rings is 1. The van der Waals surface area contributed by atoms with Crippen molar-refractivity contribution >= 4 is 22.0 Å². The number of ether oxygens (including phenoxy) is 2. The summed E-state index contributed by atoms with van der Waals surface area (Å²) in [6.45, 7) is 4.93. The molecule has 9 nitrogen and oxygen atoms in total. The minimum absolute atomic E-state index is 0.00450. The van der Waals surface area contributed by atoms with Crippen molar-refractivity contribution in [2.75, 3.05) is 24.7 Å². The molecule has 1 fully saturated rings. The zero-order valence-electron chi connectivity index (χ0n) is 13.8.